The minimum absolute atomic E-state index is 0.0518. The lowest BCUT2D eigenvalue weighted by Gasteiger charge is -2.08. The summed E-state index contributed by atoms with van der Waals surface area (Å²) in [5, 5.41) is 9.04. The highest BCUT2D eigenvalue weighted by molar-refractivity contribution is 5.85. The SMILES string of the molecule is COc1ccc(CCC#CC2NC=C(c3ccc4cnccc4c3)N2)cc1. The van der Waals surface area contributed by atoms with Crippen LogP contribution in [-0.4, -0.2) is 18.3 Å². The summed E-state index contributed by atoms with van der Waals surface area (Å²) in [4.78, 5) is 4.16. The Morgan fingerprint density at radius 3 is 2.81 bits per heavy atom. The van der Waals surface area contributed by atoms with Gasteiger partial charge in [0.05, 0.1) is 12.8 Å². The van der Waals surface area contributed by atoms with Gasteiger partial charge >= 0.3 is 0 Å². The van der Waals surface area contributed by atoms with Gasteiger partial charge in [0.1, 0.15) is 5.75 Å². The second-order valence-electron chi connectivity index (χ2n) is 6.41. The minimum Gasteiger partial charge on any atom is -0.497 e. The van der Waals surface area contributed by atoms with Crippen molar-refractivity contribution < 1.29 is 4.74 Å². The average Bonchev–Trinajstić information content (AvgIpc) is 3.20. The van der Waals surface area contributed by atoms with E-state index in [-0.39, 0.29) is 6.17 Å². The van der Waals surface area contributed by atoms with Crippen molar-refractivity contribution in [1.29, 1.82) is 0 Å². The molecule has 4 rings (SSSR count). The molecular formula is C23H21N3O. The van der Waals surface area contributed by atoms with Crippen LogP contribution in [0.3, 0.4) is 0 Å². The Hall–Kier alpha value is -3.45. The molecule has 4 nitrogen and oxygen atoms in total. The van der Waals surface area contributed by atoms with E-state index < -0.39 is 0 Å². The van der Waals surface area contributed by atoms with Crippen molar-refractivity contribution in [2.75, 3.05) is 7.11 Å². The summed E-state index contributed by atoms with van der Waals surface area (Å²) in [5.41, 5.74) is 3.47. The summed E-state index contributed by atoms with van der Waals surface area (Å²) in [6.07, 6.45) is 7.39. The van der Waals surface area contributed by atoms with Crippen LogP contribution >= 0.6 is 0 Å². The molecule has 2 aromatic carbocycles. The second-order valence-corrected chi connectivity index (χ2v) is 6.41. The number of benzene rings is 2. The fourth-order valence-electron chi connectivity index (χ4n) is 3.07. The third-order valence-electron chi connectivity index (χ3n) is 4.59. The predicted octanol–water partition coefficient (Wildman–Crippen LogP) is 3.70. The van der Waals surface area contributed by atoms with Crippen molar-refractivity contribution in [1.82, 2.24) is 15.6 Å². The molecule has 27 heavy (non-hydrogen) atoms. The summed E-state index contributed by atoms with van der Waals surface area (Å²) in [6, 6.07) is 16.5. The highest BCUT2D eigenvalue weighted by Gasteiger charge is 2.13. The summed E-state index contributed by atoms with van der Waals surface area (Å²) < 4.78 is 5.18. The topological polar surface area (TPSA) is 46.2 Å². The van der Waals surface area contributed by atoms with Crippen LogP contribution in [-0.2, 0) is 6.42 Å². The van der Waals surface area contributed by atoms with E-state index in [4.69, 9.17) is 4.74 Å². The smallest absolute Gasteiger partial charge is 0.160 e. The van der Waals surface area contributed by atoms with Gasteiger partial charge in [-0.05, 0) is 47.2 Å². The number of aromatic nitrogens is 1. The number of nitrogens with zero attached hydrogens (tertiary/aromatic N) is 1. The van der Waals surface area contributed by atoms with Crippen molar-refractivity contribution in [3.8, 4) is 17.6 Å². The van der Waals surface area contributed by atoms with Crippen molar-refractivity contribution in [2.45, 2.75) is 19.0 Å². The van der Waals surface area contributed by atoms with Gasteiger partial charge in [-0.25, -0.2) is 0 Å². The van der Waals surface area contributed by atoms with Gasteiger partial charge in [0.15, 0.2) is 6.17 Å². The normalized spacial score (nSPS) is 15.3. The largest absolute Gasteiger partial charge is 0.497 e. The average molecular weight is 355 g/mol. The van der Waals surface area contributed by atoms with Crippen LogP contribution in [0, 0.1) is 11.8 Å². The Kier molecular flexibility index (Phi) is 4.93. The Morgan fingerprint density at radius 1 is 1.07 bits per heavy atom. The lowest BCUT2D eigenvalue weighted by Crippen LogP contribution is -2.29. The van der Waals surface area contributed by atoms with Crippen molar-refractivity contribution in [3.05, 3.63) is 78.3 Å². The van der Waals surface area contributed by atoms with Gasteiger partial charge in [0.2, 0.25) is 0 Å². The summed E-state index contributed by atoms with van der Waals surface area (Å²) in [7, 11) is 1.68. The highest BCUT2D eigenvalue weighted by Crippen LogP contribution is 2.20. The number of pyridine rings is 1. The van der Waals surface area contributed by atoms with Crippen LogP contribution in [0.4, 0.5) is 0 Å². The summed E-state index contributed by atoms with van der Waals surface area (Å²) in [5.74, 6) is 7.39. The molecule has 4 heteroatoms. The van der Waals surface area contributed by atoms with Crippen LogP contribution in [0.2, 0.25) is 0 Å². The van der Waals surface area contributed by atoms with Crippen molar-refractivity contribution in [3.63, 3.8) is 0 Å². The molecule has 3 aromatic rings. The molecule has 1 aromatic heterocycles. The van der Waals surface area contributed by atoms with E-state index in [1.165, 1.54) is 10.9 Å². The zero-order valence-corrected chi connectivity index (χ0v) is 15.2. The van der Waals surface area contributed by atoms with E-state index in [0.29, 0.717) is 0 Å². The molecular weight excluding hydrogens is 334 g/mol. The first-order chi connectivity index (χ1) is 13.3. The lowest BCUT2D eigenvalue weighted by atomic mass is 10.1. The first-order valence-electron chi connectivity index (χ1n) is 9.00. The van der Waals surface area contributed by atoms with Crippen LogP contribution in [0.1, 0.15) is 17.5 Å². The number of aryl methyl sites for hydroxylation is 1. The fraction of sp³-hybridized carbons (Fsp3) is 0.174. The van der Waals surface area contributed by atoms with Gasteiger partial charge in [-0.1, -0.05) is 36.1 Å². The molecule has 2 heterocycles. The molecule has 0 saturated heterocycles. The summed E-state index contributed by atoms with van der Waals surface area (Å²) >= 11 is 0. The van der Waals surface area contributed by atoms with E-state index in [1.54, 1.807) is 7.11 Å². The Bertz CT molecular complexity index is 1030. The number of rotatable bonds is 4. The van der Waals surface area contributed by atoms with Gasteiger partial charge in [-0.15, -0.1) is 0 Å². The first kappa shape index (κ1) is 17.0. The van der Waals surface area contributed by atoms with Crippen molar-refractivity contribution >= 4 is 16.5 Å². The van der Waals surface area contributed by atoms with Crippen LogP contribution in [0.25, 0.3) is 16.5 Å². The maximum atomic E-state index is 5.18. The van der Waals surface area contributed by atoms with E-state index in [9.17, 15) is 0 Å². The van der Waals surface area contributed by atoms with Crippen molar-refractivity contribution in [2.24, 2.45) is 0 Å². The van der Waals surface area contributed by atoms with E-state index in [2.05, 4.69) is 57.8 Å². The zero-order valence-electron chi connectivity index (χ0n) is 15.2. The van der Waals surface area contributed by atoms with Gasteiger partial charge < -0.3 is 15.4 Å². The molecule has 0 spiro atoms. The molecule has 0 bridgehead atoms. The number of fused-ring (bicyclic) bond motifs is 1. The number of hydrogen-bond acceptors (Lipinski definition) is 4. The lowest BCUT2D eigenvalue weighted by molar-refractivity contribution is 0.414. The van der Waals surface area contributed by atoms with Crippen LogP contribution in [0.5, 0.6) is 5.75 Å². The Balaban J connectivity index is 1.33. The zero-order chi connectivity index (χ0) is 18.5. The molecule has 1 atom stereocenters. The van der Waals surface area contributed by atoms with Gasteiger partial charge in [-0.3, -0.25) is 4.98 Å². The highest BCUT2D eigenvalue weighted by atomic mass is 16.5. The van der Waals surface area contributed by atoms with Crippen LogP contribution in [0.15, 0.2) is 67.1 Å². The fourth-order valence-corrected chi connectivity index (χ4v) is 3.07. The number of ether oxygens (including phenoxy) is 1. The van der Waals surface area contributed by atoms with E-state index in [1.807, 2.05) is 36.8 Å². The molecule has 2 N–H and O–H groups in total. The van der Waals surface area contributed by atoms with E-state index in [0.717, 1.165) is 35.2 Å². The predicted molar refractivity (Wildman–Crippen MR) is 109 cm³/mol. The van der Waals surface area contributed by atoms with Gasteiger partial charge in [0.25, 0.3) is 0 Å². The summed E-state index contributed by atoms with van der Waals surface area (Å²) in [6.45, 7) is 0. The molecule has 0 fully saturated rings. The minimum atomic E-state index is -0.0518. The quantitative estimate of drug-likeness (QED) is 0.701. The third-order valence-corrected chi connectivity index (χ3v) is 4.59. The molecule has 1 aliphatic rings. The van der Waals surface area contributed by atoms with Gasteiger partial charge in [0, 0.05) is 30.4 Å². The Labute approximate surface area is 159 Å². The van der Waals surface area contributed by atoms with Gasteiger partial charge in [-0.2, -0.15) is 0 Å². The maximum absolute atomic E-state index is 5.18. The maximum Gasteiger partial charge on any atom is 0.160 e. The second kappa shape index (κ2) is 7.84. The number of hydrogen-bond donors (Lipinski definition) is 2. The standard InChI is InChI=1S/C23H21N3O/c1-27-21-10-6-17(7-11-21)4-2-3-5-23-25-16-22(26-23)19-8-9-20-15-24-13-12-18(20)14-19/h6-16,23,25-26H,2,4H2,1H3. The molecule has 0 amide bonds. The number of nitrogens with one attached hydrogen (secondary N) is 2. The molecule has 1 unspecified atom stereocenters. The molecule has 134 valence electrons. The first-order valence-corrected chi connectivity index (χ1v) is 9.00. The van der Waals surface area contributed by atoms with Crippen LogP contribution < -0.4 is 15.4 Å². The molecule has 0 aliphatic carbocycles. The Morgan fingerprint density at radius 2 is 1.96 bits per heavy atom. The monoisotopic (exact) mass is 355 g/mol. The van der Waals surface area contributed by atoms with E-state index >= 15 is 0 Å². The molecule has 0 radical (unpaired) electrons. The molecule has 0 saturated carbocycles. The molecule has 1 aliphatic heterocycles. The number of methoxy groups -OCH3 is 1. The third kappa shape index (κ3) is 4.04.